The zero-order valence-corrected chi connectivity index (χ0v) is 14.0. The van der Waals surface area contributed by atoms with Crippen molar-refractivity contribution in [2.24, 2.45) is 0 Å². The van der Waals surface area contributed by atoms with Crippen LogP contribution in [-0.2, 0) is 16.0 Å². The largest absolute Gasteiger partial charge is 0.339 e. The summed E-state index contributed by atoms with van der Waals surface area (Å²) in [4.78, 5) is 39.7. The van der Waals surface area contributed by atoms with Crippen molar-refractivity contribution in [3.05, 3.63) is 29.3 Å². The topological polar surface area (TPSA) is 69.7 Å². The van der Waals surface area contributed by atoms with E-state index in [4.69, 9.17) is 0 Å². The molecule has 3 amide bonds. The summed E-state index contributed by atoms with van der Waals surface area (Å²) in [7, 11) is 0. The number of benzene rings is 1. The molecule has 1 aromatic rings. The highest BCUT2D eigenvalue weighted by molar-refractivity contribution is 5.98. The van der Waals surface area contributed by atoms with Gasteiger partial charge in [0.15, 0.2) is 0 Å². The average molecular weight is 329 g/mol. The summed E-state index contributed by atoms with van der Waals surface area (Å²) in [5.74, 6) is 0.195. The lowest BCUT2D eigenvalue weighted by molar-refractivity contribution is -0.132. The van der Waals surface area contributed by atoms with E-state index >= 15 is 0 Å². The van der Waals surface area contributed by atoms with Gasteiger partial charge in [-0.15, -0.1) is 0 Å². The Morgan fingerprint density at radius 1 is 1.08 bits per heavy atom. The second-order valence-electron chi connectivity index (χ2n) is 6.34. The van der Waals surface area contributed by atoms with Crippen molar-refractivity contribution in [2.75, 3.05) is 31.5 Å². The number of carbonyl (C=O) groups excluding carboxylic acids is 3. The van der Waals surface area contributed by atoms with Gasteiger partial charge >= 0.3 is 0 Å². The first-order chi connectivity index (χ1) is 11.6. The average Bonchev–Trinajstić information content (AvgIpc) is 2.61. The quantitative estimate of drug-likeness (QED) is 0.917. The van der Waals surface area contributed by atoms with Crippen molar-refractivity contribution in [2.45, 2.75) is 32.6 Å². The fourth-order valence-corrected chi connectivity index (χ4v) is 3.23. The summed E-state index contributed by atoms with van der Waals surface area (Å²) >= 11 is 0. The van der Waals surface area contributed by atoms with Crippen LogP contribution < -0.4 is 5.32 Å². The van der Waals surface area contributed by atoms with Crippen LogP contribution in [0.3, 0.4) is 0 Å². The maximum Gasteiger partial charge on any atom is 0.253 e. The smallest absolute Gasteiger partial charge is 0.253 e. The molecule has 0 bridgehead atoms. The molecule has 1 N–H and O–H groups in total. The van der Waals surface area contributed by atoms with Crippen molar-refractivity contribution in [3.8, 4) is 0 Å². The zero-order valence-electron chi connectivity index (χ0n) is 14.0. The van der Waals surface area contributed by atoms with Crippen LogP contribution in [0.1, 0.15) is 42.1 Å². The van der Waals surface area contributed by atoms with Crippen molar-refractivity contribution >= 4 is 23.4 Å². The molecule has 2 heterocycles. The number of anilines is 1. The van der Waals surface area contributed by atoms with Gasteiger partial charge in [-0.1, -0.05) is 6.92 Å². The fourth-order valence-electron chi connectivity index (χ4n) is 3.23. The van der Waals surface area contributed by atoms with E-state index in [0.717, 1.165) is 17.7 Å². The zero-order chi connectivity index (χ0) is 17.1. The number of hydrogen-bond donors (Lipinski definition) is 1. The van der Waals surface area contributed by atoms with Gasteiger partial charge in [0.2, 0.25) is 11.8 Å². The standard InChI is InChI=1S/C18H23N3O3/c1-2-3-17(23)20-8-10-21(11-9-20)18(24)14-4-6-15-13(12-14)5-7-16(22)19-15/h4,6,12H,2-3,5,7-11H2,1H3,(H,19,22). The highest BCUT2D eigenvalue weighted by atomic mass is 16.2. The first-order valence-electron chi connectivity index (χ1n) is 8.58. The molecular weight excluding hydrogens is 306 g/mol. The summed E-state index contributed by atoms with van der Waals surface area (Å²) in [5.41, 5.74) is 2.47. The Balaban J connectivity index is 1.63. The minimum absolute atomic E-state index is 0.00251. The molecule has 0 atom stereocenters. The van der Waals surface area contributed by atoms with Gasteiger partial charge in [-0.25, -0.2) is 0 Å². The second kappa shape index (κ2) is 7.03. The number of amides is 3. The number of rotatable bonds is 3. The second-order valence-corrected chi connectivity index (χ2v) is 6.34. The van der Waals surface area contributed by atoms with E-state index in [-0.39, 0.29) is 17.7 Å². The van der Waals surface area contributed by atoms with Crippen molar-refractivity contribution in [1.82, 2.24) is 9.80 Å². The molecule has 2 aliphatic rings. The molecule has 2 aliphatic heterocycles. The molecule has 0 saturated carbocycles. The number of aryl methyl sites for hydroxylation is 1. The molecule has 0 spiro atoms. The van der Waals surface area contributed by atoms with Gasteiger partial charge in [-0.05, 0) is 36.6 Å². The van der Waals surface area contributed by atoms with Gasteiger partial charge in [-0.3, -0.25) is 14.4 Å². The number of hydrogen-bond acceptors (Lipinski definition) is 3. The molecule has 3 rings (SSSR count). The van der Waals surface area contributed by atoms with Crippen LogP contribution >= 0.6 is 0 Å². The van der Waals surface area contributed by atoms with Crippen LogP contribution in [0.15, 0.2) is 18.2 Å². The maximum absolute atomic E-state index is 12.7. The Morgan fingerprint density at radius 2 is 1.79 bits per heavy atom. The lowest BCUT2D eigenvalue weighted by Gasteiger charge is -2.35. The van der Waals surface area contributed by atoms with E-state index in [2.05, 4.69) is 5.32 Å². The summed E-state index contributed by atoms with van der Waals surface area (Å²) < 4.78 is 0. The van der Waals surface area contributed by atoms with E-state index in [9.17, 15) is 14.4 Å². The summed E-state index contributed by atoms with van der Waals surface area (Å²) in [6.07, 6.45) is 2.55. The summed E-state index contributed by atoms with van der Waals surface area (Å²) in [6.45, 7) is 4.34. The van der Waals surface area contributed by atoms with E-state index in [1.54, 1.807) is 17.0 Å². The molecule has 0 unspecified atom stereocenters. The Kier molecular flexibility index (Phi) is 4.83. The third kappa shape index (κ3) is 3.42. The Labute approximate surface area is 141 Å². The molecule has 128 valence electrons. The highest BCUT2D eigenvalue weighted by Gasteiger charge is 2.25. The Morgan fingerprint density at radius 3 is 2.50 bits per heavy atom. The SMILES string of the molecule is CCCC(=O)N1CCN(C(=O)c2ccc3c(c2)CCC(=O)N3)CC1. The van der Waals surface area contributed by atoms with Gasteiger partial charge in [0.25, 0.3) is 5.91 Å². The maximum atomic E-state index is 12.7. The number of carbonyl (C=O) groups is 3. The van der Waals surface area contributed by atoms with Gasteiger partial charge in [-0.2, -0.15) is 0 Å². The van der Waals surface area contributed by atoms with Crippen molar-refractivity contribution in [3.63, 3.8) is 0 Å². The highest BCUT2D eigenvalue weighted by Crippen LogP contribution is 2.24. The van der Waals surface area contributed by atoms with Crippen LogP contribution in [0.25, 0.3) is 0 Å². The van der Waals surface area contributed by atoms with Crippen molar-refractivity contribution in [1.29, 1.82) is 0 Å². The van der Waals surface area contributed by atoms with Gasteiger partial charge in [0.1, 0.15) is 0 Å². The molecule has 1 fully saturated rings. The molecular formula is C18H23N3O3. The van der Waals surface area contributed by atoms with Crippen LogP contribution in [0.5, 0.6) is 0 Å². The van der Waals surface area contributed by atoms with E-state index < -0.39 is 0 Å². The number of piperazine rings is 1. The fraction of sp³-hybridized carbons (Fsp3) is 0.500. The van der Waals surface area contributed by atoms with Crippen LogP contribution in [0.2, 0.25) is 0 Å². The molecule has 0 aliphatic carbocycles. The lowest BCUT2D eigenvalue weighted by Crippen LogP contribution is -2.50. The number of nitrogens with one attached hydrogen (secondary N) is 1. The normalized spacial score (nSPS) is 17.3. The number of nitrogens with zero attached hydrogens (tertiary/aromatic N) is 2. The molecule has 24 heavy (non-hydrogen) atoms. The van der Waals surface area contributed by atoms with E-state index in [1.165, 1.54) is 0 Å². The molecule has 0 radical (unpaired) electrons. The van der Waals surface area contributed by atoms with Gasteiger partial charge in [0.05, 0.1) is 0 Å². The van der Waals surface area contributed by atoms with E-state index in [1.807, 2.05) is 17.9 Å². The minimum atomic E-state index is -0.00251. The first-order valence-corrected chi connectivity index (χ1v) is 8.58. The molecule has 6 nitrogen and oxygen atoms in total. The van der Waals surface area contributed by atoms with Crippen molar-refractivity contribution < 1.29 is 14.4 Å². The molecule has 6 heteroatoms. The predicted octanol–water partition coefficient (Wildman–Crippen LogP) is 1.66. The minimum Gasteiger partial charge on any atom is -0.339 e. The third-order valence-electron chi connectivity index (χ3n) is 4.63. The third-order valence-corrected chi connectivity index (χ3v) is 4.63. The monoisotopic (exact) mass is 329 g/mol. The Bertz CT molecular complexity index is 663. The van der Waals surface area contributed by atoms with Crippen LogP contribution in [0, 0.1) is 0 Å². The molecule has 0 aromatic heterocycles. The van der Waals surface area contributed by atoms with Crippen LogP contribution in [0.4, 0.5) is 5.69 Å². The first kappa shape index (κ1) is 16.5. The molecule has 1 aromatic carbocycles. The lowest BCUT2D eigenvalue weighted by atomic mass is 10.00. The number of fused-ring (bicyclic) bond motifs is 1. The van der Waals surface area contributed by atoms with Gasteiger partial charge in [0, 0.05) is 50.3 Å². The van der Waals surface area contributed by atoms with Gasteiger partial charge < -0.3 is 15.1 Å². The summed E-state index contributed by atoms with van der Waals surface area (Å²) in [5, 5.41) is 2.83. The van der Waals surface area contributed by atoms with Crippen LogP contribution in [-0.4, -0.2) is 53.7 Å². The van der Waals surface area contributed by atoms with E-state index in [0.29, 0.717) is 51.0 Å². The molecule has 1 saturated heterocycles. The Hall–Kier alpha value is -2.37. The summed E-state index contributed by atoms with van der Waals surface area (Å²) in [6, 6.07) is 5.45. The predicted molar refractivity (Wildman–Crippen MR) is 90.8 cm³/mol.